The van der Waals surface area contributed by atoms with E-state index in [2.05, 4.69) is 5.32 Å². The summed E-state index contributed by atoms with van der Waals surface area (Å²) in [6.07, 6.45) is 1.98. The van der Waals surface area contributed by atoms with Crippen molar-refractivity contribution in [2.24, 2.45) is 0 Å². The van der Waals surface area contributed by atoms with Crippen molar-refractivity contribution in [2.75, 3.05) is 25.4 Å². The summed E-state index contributed by atoms with van der Waals surface area (Å²) in [6, 6.07) is 3.25. The summed E-state index contributed by atoms with van der Waals surface area (Å²) in [4.78, 5) is 11.7. The Balaban J connectivity index is 2.76. The second kappa shape index (κ2) is 8.12. The Kier molecular flexibility index (Phi) is 6.81. The van der Waals surface area contributed by atoms with Gasteiger partial charge >= 0.3 is 0 Å². The van der Waals surface area contributed by atoms with Crippen molar-refractivity contribution >= 4 is 34.8 Å². The molecule has 0 atom stereocenters. The highest BCUT2D eigenvalue weighted by molar-refractivity contribution is 6.32. The minimum Gasteiger partial charge on any atom is -0.495 e. The Labute approximate surface area is 123 Å². The molecule has 0 aliphatic carbocycles. The normalized spacial score (nSPS) is 10.1. The molecule has 0 unspecified atom stereocenters. The van der Waals surface area contributed by atoms with Gasteiger partial charge in [-0.3, -0.25) is 4.79 Å². The molecule has 0 saturated carbocycles. The first-order valence-corrected chi connectivity index (χ1v) is 6.81. The number of anilines is 1. The van der Waals surface area contributed by atoms with Gasteiger partial charge in [0.15, 0.2) is 0 Å². The summed E-state index contributed by atoms with van der Waals surface area (Å²) in [6.45, 7) is 0. The van der Waals surface area contributed by atoms with Crippen molar-refractivity contribution in [3.8, 4) is 11.5 Å². The summed E-state index contributed by atoms with van der Waals surface area (Å²) in [5.41, 5.74) is 0.532. The standard InChI is InChI=1S/C13H17Cl2NO3/c1-18-11-8-12(19-2)10(7-9(11)15)16-13(17)5-3-4-6-14/h7-8H,3-6H2,1-2H3,(H,16,17). The van der Waals surface area contributed by atoms with Gasteiger partial charge < -0.3 is 14.8 Å². The summed E-state index contributed by atoms with van der Waals surface area (Å²) < 4.78 is 10.3. The van der Waals surface area contributed by atoms with Crippen molar-refractivity contribution < 1.29 is 14.3 Å². The third-order valence-corrected chi connectivity index (χ3v) is 3.10. The lowest BCUT2D eigenvalue weighted by Crippen LogP contribution is -2.12. The van der Waals surface area contributed by atoms with Crippen LogP contribution < -0.4 is 14.8 Å². The zero-order chi connectivity index (χ0) is 14.3. The fraction of sp³-hybridized carbons (Fsp3) is 0.462. The third-order valence-electron chi connectivity index (χ3n) is 2.54. The number of rotatable bonds is 7. The molecule has 0 radical (unpaired) electrons. The van der Waals surface area contributed by atoms with Crippen molar-refractivity contribution in [3.63, 3.8) is 0 Å². The smallest absolute Gasteiger partial charge is 0.224 e. The minimum absolute atomic E-state index is 0.0929. The molecule has 0 bridgehead atoms. The molecule has 1 aromatic rings. The molecule has 0 fully saturated rings. The molecule has 0 saturated heterocycles. The van der Waals surface area contributed by atoms with Gasteiger partial charge in [-0.1, -0.05) is 11.6 Å². The Morgan fingerprint density at radius 1 is 1.21 bits per heavy atom. The largest absolute Gasteiger partial charge is 0.495 e. The molecular weight excluding hydrogens is 289 g/mol. The van der Waals surface area contributed by atoms with Crippen molar-refractivity contribution in [1.82, 2.24) is 0 Å². The average molecular weight is 306 g/mol. The van der Waals surface area contributed by atoms with Gasteiger partial charge in [0.25, 0.3) is 0 Å². The van der Waals surface area contributed by atoms with Crippen LogP contribution in [0, 0.1) is 0 Å². The van der Waals surface area contributed by atoms with Gasteiger partial charge in [-0.25, -0.2) is 0 Å². The average Bonchev–Trinajstić information content (AvgIpc) is 2.39. The predicted molar refractivity (Wildman–Crippen MR) is 77.8 cm³/mol. The molecular formula is C13H17Cl2NO3. The first kappa shape index (κ1) is 15.9. The van der Waals surface area contributed by atoms with Crippen LogP contribution in [0.5, 0.6) is 11.5 Å². The highest BCUT2D eigenvalue weighted by Gasteiger charge is 2.12. The fourth-order valence-electron chi connectivity index (χ4n) is 1.55. The summed E-state index contributed by atoms with van der Waals surface area (Å²) in [5.74, 6) is 1.47. The van der Waals surface area contributed by atoms with Crippen LogP contribution >= 0.6 is 23.2 Å². The molecule has 0 heterocycles. The molecule has 106 valence electrons. The minimum atomic E-state index is -0.0929. The SMILES string of the molecule is COc1cc(OC)c(NC(=O)CCCCCl)cc1Cl. The molecule has 4 nitrogen and oxygen atoms in total. The second-order valence-corrected chi connectivity index (χ2v) is 4.67. The van der Waals surface area contributed by atoms with Crippen LogP contribution in [0.3, 0.4) is 0 Å². The Hall–Kier alpha value is -1.13. The first-order valence-electron chi connectivity index (χ1n) is 5.89. The molecule has 0 aliphatic rings. The number of nitrogens with one attached hydrogen (secondary N) is 1. The third kappa shape index (κ3) is 4.80. The Morgan fingerprint density at radius 2 is 1.89 bits per heavy atom. The van der Waals surface area contributed by atoms with Crippen LogP contribution in [0.25, 0.3) is 0 Å². The van der Waals surface area contributed by atoms with E-state index in [0.29, 0.717) is 34.5 Å². The maximum atomic E-state index is 11.7. The molecule has 0 spiro atoms. The van der Waals surface area contributed by atoms with E-state index >= 15 is 0 Å². The number of benzene rings is 1. The van der Waals surface area contributed by atoms with Crippen LogP contribution in [0.4, 0.5) is 5.69 Å². The van der Waals surface area contributed by atoms with E-state index in [9.17, 15) is 4.79 Å². The molecule has 1 rings (SSSR count). The quantitative estimate of drug-likeness (QED) is 0.617. The van der Waals surface area contributed by atoms with Crippen LogP contribution in [0.15, 0.2) is 12.1 Å². The Morgan fingerprint density at radius 3 is 2.47 bits per heavy atom. The van der Waals surface area contributed by atoms with Gasteiger partial charge in [-0.2, -0.15) is 0 Å². The molecule has 6 heteroatoms. The fourth-order valence-corrected chi connectivity index (χ4v) is 1.98. The molecule has 1 amide bonds. The number of alkyl halides is 1. The van der Waals surface area contributed by atoms with Crippen LogP contribution in [0.1, 0.15) is 19.3 Å². The zero-order valence-corrected chi connectivity index (χ0v) is 12.5. The maximum Gasteiger partial charge on any atom is 0.224 e. The van der Waals surface area contributed by atoms with E-state index < -0.39 is 0 Å². The molecule has 0 aliphatic heterocycles. The zero-order valence-electron chi connectivity index (χ0n) is 11.0. The van der Waals surface area contributed by atoms with E-state index in [1.807, 2.05) is 0 Å². The van der Waals surface area contributed by atoms with Crippen LogP contribution in [-0.4, -0.2) is 26.0 Å². The van der Waals surface area contributed by atoms with Gasteiger partial charge in [-0.15, -0.1) is 11.6 Å². The van der Waals surface area contributed by atoms with Gasteiger partial charge in [0, 0.05) is 18.4 Å². The Bertz CT molecular complexity index is 438. The maximum absolute atomic E-state index is 11.7. The van der Waals surface area contributed by atoms with Crippen LogP contribution in [-0.2, 0) is 4.79 Å². The molecule has 19 heavy (non-hydrogen) atoms. The predicted octanol–water partition coefficient (Wildman–Crippen LogP) is 3.70. The van der Waals surface area contributed by atoms with E-state index in [0.717, 1.165) is 12.8 Å². The number of hydrogen-bond acceptors (Lipinski definition) is 3. The van der Waals surface area contributed by atoms with Crippen LogP contribution in [0.2, 0.25) is 5.02 Å². The first-order chi connectivity index (χ1) is 9.12. The number of carbonyl (C=O) groups excluding carboxylic acids is 1. The monoisotopic (exact) mass is 305 g/mol. The lowest BCUT2D eigenvalue weighted by Gasteiger charge is -2.13. The van der Waals surface area contributed by atoms with Gasteiger partial charge in [0.1, 0.15) is 11.5 Å². The van der Waals surface area contributed by atoms with Crippen molar-refractivity contribution in [1.29, 1.82) is 0 Å². The number of halogens is 2. The summed E-state index contributed by atoms with van der Waals surface area (Å²) in [5, 5.41) is 3.18. The molecule has 1 aromatic carbocycles. The number of carbonyl (C=O) groups is 1. The van der Waals surface area contributed by atoms with Crippen molar-refractivity contribution in [2.45, 2.75) is 19.3 Å². The highest BCUT2D eigenvalue weighted by Crippen LogP contribution is 2.35. The van der Waals surface area contributed by atoms with Gasteiger partial charge in [0.2, 0.25) is 5.91 Å². The number of methoxy groups -OCH3 is 2. The summed E-state index contributed by atoms with van der Waals surface area (Å²) in [7, 11) is 3.04. The number of ether oxygens (including phenoxy) is 2. The van der Waals surface area contributed by atoms with Gasteiger partial charge in [-0.05, 0) is 18.9 Å². The highest BCUT2D eigenvalue weighted by atomic mass is 35.5. The second-order valence-electron chi connectivity index (χ2n) is 3.88. The lowest BCUT2D eigenvalue weighted by atomic mass is 10.2. The summed E-state index contributed by atoms with van der Waals surface area (Å²) >= 11 is 11.6. The molecule has 0 aromatic heterocycles. The lowest BCUT2D eigenvalue weighted by molar-refractivity contribution is -0.116. The van der Waals surface area contributed by atoms with Gasteiger partial charge in [0.05, 0.1) is 24.9 Å². The van der Waals surface area contributed by atoms with E-state index in [1.54, 1.807) is 12.1 Å². The number of amides is 1. The molecule has 1 N–H and O–H groups in total. The van der Waals surface area contributed by atoms with E-state index in [-0.39, 0.29) is 5.91 Å². The van der Waals surface area contributed by atoms with Crippen molar-refractivity contribution in [3.05, 3.63) is 17.2 Å². The number of hydrogen-bond donors (Lipinski definition) is 1. The number of unbranched alkanes of at least 4 members (excludes halogenated alkanes) is 1. The topological polar surface area (TPSA) is 47.6 Å². The van der Waals surface area contributed by atoms with E-state index in [4.69, 9.17) is 32.7 Å². The van der Waals surface area contributed by atoms with E-state index in [1.165, 1.54) is 14.2 Å².